The molecule has 0 unspecified atom stereocenters. The van der Waals surface area contributed by atoms with E-state index in [9.17, 15) is 5.11 Å². The normalized spacial score (nSPS) is 17.0. The minimum absolute atomic E-state index is 0.127. The number of halogens is 2. The van der Waals surface area contributed by atoms with Crippen molar-refractivity contribution in [3.63, 3.8) is 0 Å². The summed E-state index contributed by atoms with van der Waals surface area (Å²) < 4.78 is 0. The second-order valence-electron chi connectivity index (χ2n) is 6.38. The van der Waals surface area contributed by atoms with Crippen molar-refractivity contribution in [1.29, 1.82) is 0 Å². The van der Waals surface area contributed by atoms with Crippen molar-refractivity contribution in [2.24, 2.45) is 0 Å². The van der Waals surface area contributed by atoms with Gasteiger partial charge in [0, 0.05) is 30.0 Å². The molecule has 0 saturated heterocycles. The molecular weight excluding hydrogens is 359 g/mol. The molecule has 5 nitrogen and oxygen atoms in total. The number of hydrogen-bond donors (Lipinski definition) is 2. The summed E-state index contributed by atoms with van der Waals surface area (Å²) in [5.41, 5.74) is 1.66. The van der Waals surface area contributed by atoms with E-state index in [1.807, 2.05) is 6.20 Å². The van der Waals surface area contributed by atoms with Gasteiger partial charge >= 0.3 is 0 Å². The Kier molecular flexibility index (Phi) is 4.44. The van der Waals surface area contributed by atoms with Crippen molar-refractivity contribution >= 4 is 46.7 Å². The van der Waals surface area contributed by atoms with Crippen LogP contribution in [0.2, 0.25) is 10.0 Å². The van der Waals surface area contributed by atoms with Crippen molar-refractivity contribution in [3.05, 3.63) is 40.0 Å². The Morgan fingerprint density at radius 3 is 2.60 bits per heavy atom. The van der Waals surface area contributed by atoms with Gasteiger partial charge < -0.3 is 15.3 Å². The number of phenols is 1. The van der Waals surface area contributed by atoms with Gasteiger partial charge in [-0.2, -0.15) is 4.98 Å². The molecule has 1 aliphatic carbocycles. The van der Waals surface area contributed by atoms with E-state index in [2.05, 4.69) is 27.4 Å². The lowest BCUT2D eigenvalue weighted by Crippen LogP contribution is -2.36. The summed E-state index contributed by atoms with van der Waals surface area (Å²) in [6.07, 6.45) is 11.0. The molecule has 0 amide bonds. The van der Waals surface area contributed by atoms with E-state index in [1.165, 1.54) is 25.7 Å². The van der Waals surface area contributed by atoms with Crippen LogP contribution in [0.5, 0.6) is 5.75 Å². The van der Waals surface area contributed by atoms with E-state index in [-0.39, 0.29) is 15.8 Å². The zero-order chi connectivity index (χ0) is 17.4. The van der Waals surface area contributed by atoms with Crippen LogP contribution in [-0.4, -0.2) is 27.7 Å². The Hall–Kier alpha value is -1.98. The summed E-state index contributed by atoms with van der Waals surface area (Å²) >= 11 is 12.0. The second-order valence-corrected chi connectivity index (χ2v) is 7.19. The van der Waals surface area contributed by atoms with E-state index in [4.69, 9.17) is 28.2 Å². The molecule has 25 heavy (non-hydrogen) atoms. The molecule has 0 spiro atoms. The lowest BCUT2D eigenvalue weighted by atomic mass is 10.1. The SMILES string of the molecule is Oc1c(Cl)cc(Nc2ncc3c(n2)N(C2CCCC2)CC=C3)cc1Cl. The van der Waals surface area contributed by atoms with Gasteiger partial charge in [-0.05, 0) is 25.0 Å². The van der Waals surface area contributed by atoms with E-state index in [0.29, 0.717) is 17.7 Å². The average molecular weight is 377 g/mol. The van der Waals surface area contributed by atoms with E-state index < -0.39 is 0 Å². The topological polar surface area (TPSA) is 61.3 Å². The number of aromatic hydroxyl groups is 1. The molecule has 2 heterocycles. The number of rotatable bonds is 3. The number of nitrogens with one attached hydrogen (secondary N) is 1. The Balaban J connectivity index is 1.64. The molecule has 0 bridgehead atoms. The van der Waals surface area contributed by atoms with Gasteiger partial charge in [0.05, 0.1) is 10.0 Å². The number of phenolic OH excluding ortho intramolecular Hbond substituents is 1. The Bertz CT molecular complexity index is 811. The number of nitrogens with zero attached hydrogens (tertiary/aromatic N) is 3. The minimum Gasteiger partial charge on any atom is -0.505 e. The molecule has 1 fully saturated rings. The first kappa shape index (κ1) is 16.5. The molecule has 1 aromatic carbocycles. The van der Waals surface area contributed by atoms with Gasteiger partial charge in [-0.25, -0.2) is 4.98 Å². The molecule has 1 saturated carbocycles. The summed E-state index contributed by atoms with van der Waals surface area (Å²) in [6, 6.07) is 3.74. The molecule has 1 aliphatic heterocycles. The van der Waals surface area contributed by atoms with Gasteiger partial charge in [-0.3, -0.25) is 0 Å². The number of hydrogen-bond acceptors (Lipinski definition) is 5. The third kappa shape index (κ3) is 3.26. The summed E-state index contributed by atoms with van der Waals surface area (Å²) in [5.74, 6) is 1.32. The third-order valence-corrected chi connectivity index (χ3v) is 5.28. The van der Waals surface area contributed by atoms with Gasteiger partial charge in [0.2, 0.25) is 5.95 Å². The second kappa shape index (κ2) is 6.73. The van der Waals surface area contributed by atoms with Crippen LogP contribution in [0.3, 0.4) is 0 Å². The van der Waals surface area contributed by atoms with Gasteiger partial charge in [0.15, 0.2) is 5.75 Å². The van der Waals surface area contributed by atoms with Crippen molar-refractivity contribution < 1.29 is 5.11 Å². The smallest absolute Gasteiger partial charge is 0.229 e. The monoisotopic (exact) mass is 376 g/mol. The molecule has 130 valence electrons. The van der Waals surface area contributed by atoms with E-state index in [1.54, 1.807) is 12.1 Å². The van der Waals surface area contributed by atoms with E-state index >= 15 is 0 Å². The van der Waals surface area contributed by atoms with Gasteiger partial charge in [0.1, 0.15) is 5.82 Å². The Morgan fingerprint density at radius 2 is 1.88 bits per heavy atom. The van der Waals surface area contributed by atoms with E-state index in [0.717, 1.165) is 17.9 Å². The molecule has 4 rings (SSSR count). The fourth-order valence-corrected chi connectivity index (χ4v) is 3.96. The zero-order valence-electron chi connectivity index (χ0n) is 13.5. The highest BCUT2D eigenvalue weighted by molar-refractivity contribution is 6.37. The van der Waals surface area contributed by atoms with Crippen LogP contribution in [0.4, 0.5) is 17.5 Å². The number of benzene rings is 1. The predicted molar refractivity (Wildman–Crippen MR) is 102 cm³/mol. The molecule has 2 aromatic rings. The maximum atomic E-state index is 9.67. The fourth-order valence-electron chi connectivity index (χ4n) is 3.47. The van der Waals surface area contributed by atoms with Gasteiger partial charge in [0.25, 0.3) is 0 Å². The summed E-state index contributed by atoms with van der Waals surface area (Å²) in [5, 5.41) is 13.2. The van der Waals surface area contributed by atoms with Crippen LogP contribution in [0, 0.1) is 0 Å². The summed E-state index contributed by atoms with van der Waals surface area (Å²) in [6.45, 7) is 0.880. The highest BCUT2D eigenvalue weighted by atomic mass is 35.5. The Morgan fingerprint density at radius 1 is 1.16 bits per heavy atom. The van der Waals surface area contributed by atoms with Crippen molar-refractivity contribution in [3.8, 4) is 5.75 Å². The van der Waals surface area contributed by atoms with Gasteiger partial charge in [-0.15, -0.1) is 0 Å². The van der Waals surface area contributed by atoms with Crippen LogP contribution in [0.15, 0.2) is 24.4 Å². The average Bonchev–Trinajstić information content (AvgIpc) is 3.13. The maximum Gasteiger partial charge on any atom is 0.229 e. The van der Waals surface area contributed by atoms with Gasteiger partial charge in [-0.1, -0.05) is 48.2 Å². The minimum atomic E-state index is -0.127. The molecular formula is C18H18Cl2N4O. The first-order chi connectivity index (χ1) is 12.1. The molecule has 0 atom stereocenters. The number of aromatic nitrogens is 2. The molecule has 7 heteroatoms. The summed E-state index contributed by atoms with van der Waals surface area (Å²) in [4.78, 5) is 11.5. The maximum absolute atomic E-state index is 9.67. The fraction of sp³-hybridized carbons (Fsp3) is 0.333. The zero-order valence-corrected chi connectivity index (χ0v) is 15.1. The van der Waals surface area contributed by atoms with Crippen LogP contribution >= 0.6 is 23.2 Å². The summed E-state index contributed by atoms with van der Waals surface area (Å²) in [7, 11) is 0. The first-order valence-electron chi connectivity index (χ1n) is 8.37. The predicted octanol–water partition coefficient (Wildman–Crippen LogP) is 5.01. The first-order valence-corrected chi connectivity index (χ1v) is 9.12. The number of fused-ring (bicyclic) bond motifs is 1. The van der Waals surface area contributed by atoms with Crippen LogP contribution in [0.1, 0.15) is 31.2 Å². The van der Waals surface area contributed by atoms with Crippen molar-refractivity contribution in [2.75, 3.05) is 16.8 Å². The Labute approximate surface area is 156 Å². The molecule has 1 aromatic heterocycles. The molecule has 2 aliphatic rings. The lowest BCUT2D eigenvalue weighted by Gasteiger charge is -2.32. The quantitative estimate of drug-likeness (QED) is 0.737. The standard InChI is InChI=1S/C18H18Cl2N4O/c19-14-8-12(9-15(20)16(14)25)22-18-21-10-11-4-3-7-24(17(11)23-18)13-5-1-2-6-13/h3-4,8-10,13,25H,1-2,5-7H2,(H,21,22,23). The highest BCUT2D eigenvalue weighted by Crippen LogP contribution is 2.36. The third-order valence-electron chi connectivity index (χ3n) is 4.71. The van der Waals surface area contributed by atoms with Crippen LogP contribution in [-0.2, 0) is 0 Å². The van der Waals surface area contributed by atoms with Crippen LogP contribution in [0.25, 0.3) is 6.08 Å². The molecule has 0 radical (unpaired) electrons. The van der Waals surface area contributed by atoms with Crippen molar-refractivity contribution in [1.82, 2.24) is 9.97 Å². The van der Waals surface area contributed by atoms with Crippen molar-refractivity contribution in [2.45, 2.75) is 31.7 Å². The van der Waals surface area contributed by atoms with Crippen LogP contribution < -0.4 is 10.2 Å². The molecule has 2 N–H and O–H groups in total. The largest absolute Gasteiger partial charge is 0.505 e. The highest BCUT2D eigenvalue weighted by Gasteiger charge is 2.26. The lowest BCUT2D eigenvalue weighted by molar-refractivity contribution is 0.476. The number of anilines is 3.